The van der Waals surface area contributed by atoms with Crippen LogP contribution in [0.15, 0.2) is 11.7 Å². The van der Waals surface area contributed by atoms with Crippen molar-refractivity contribution in [2.75, 3.05) is 26.8 Å². The third-order valence-electron chi connectivity index (χ3n) is 3.48. The fourth-order valence-corrected chi connectivity index (χ4v) is 3.02. The Hall–Kier alpha value is -0.980. The summed E-state index contributed by atoms with van der Waals surface area (Å²) in [5.41, 5.74) is 1.86. The topological polar surface area (TPSA) is 54.5 Å². The molecular weight excluding hydrogens is 262 g/mol. The lowest BCUT2D eigenvalue weighted by Gasteiger charge is -2.33. The molecular formula is C13H21N3O2S. The molecule has 1 saturated heterocycles. The fraction of sp³-hybridized carbons (Fsp3) is 0.692. The van der Waals surface area contributed by atoms with Crippen LogP contribution in [-0.2, 0) is 9.53 Å². The van der Waals surface area contributed by atoms with Crippen molar-refractivity contribution < 1.29 is 9.53 Å². The van der Waals surface area contributed by atoms with Crippen molar-refractivity contribution in [3.05, 3.63) is 16.6 Å². The fourth-order valence-electron chi connectivity index (χ4n) is 2.39. The minimum absolute atomic E-state index is 0.0939. The maximum Gasteiger partial charge on any atom is 0.248 e. The molecule has 2 rings (SSSR count). The van der Waals surface area contributed by atoms with Crippen molar-refractivity contribution in [2.45, 2.75) is 31.8 Å². The van der Waals surface area contributed by atoms with E-state index in [0.717, 1.165) is 25.9 Å². The SMILES string of the molecule is COCC(=O)N1CCC(NC(C)c2cncs2)CC1. The van der Waals surface area contributed by atoms with Crippen molar-refractivity contribution in [3.63, 3.8) is 0 Å². The third kappa shape index (κ3) is 3.99. The van der Waals surface area contributed by atoms with E-state index >= 15 is 0 Å². The Bertz CT molecular complexity index is 389. The summed E-state index contributed by atoms with van der Waals surface area (Å²) in [7, 11) is 1.56. The monoisotopic (exact) mass is 283 g/mol. The van der Waals surface area contributed by atoms with E-state index in [9.17, 15) is 4.79 Å². The molecule has 5 nitrogen and oxygen atoms in total. The third-order valence-corrected chi connectivity index (χ3v) is 4.44. The van der Waals surface area contributed by atoms with Crippen LogP contribution in [0.1, 0.15) is 30.7 Å². The second-order valence-corrected chi connectivity index (χ2v) is 5.80. The van der Waals surface area contributed by atoms with Crippen molar-refractivity contribution in [3.8, 4) is 0 Å². The number of ether oxygens (including phenoxy) is 1. The second-order valence-electron chi connectivity index (χ2n) is 4.88. The molecule has 1 aromatic rings. The summed E-state index contributed by atoms with van der Waals surface area (Å²) in [6.07, 6.45) is 3.91. The molecule has 1 aromatic heterocycles. The summed E-state index contributed by atoms with van der Waals surface area (Å²) in [5.74, 6) is 0.0939. The molecule has 1 aliphatic heterocycles. The number of nitrogens with one attached hydrogen (secondary N) is 1. The molecule has 1 atom stereocenters. The Kier molecular flexibility index (Phi) is 5.30. The van der Waals surface area contributed by atoms with Crippen LogP contribution in [-0.4, -0.2) is 48.6 Å². The van der Waals surface area contributed by atoms with Crippen LogP contribution in [0.3, 0.4) is 0 Å². The van der Waals surface area contributed by atoms with Gasteiger partial charge in [-0.2, -0.15) is 0 Å². The van der Waals surface area contributed by atoms with E-state index in [2.05, 4.69) is 17.2 Å². The largest absolute Gasteiger partial charge is 0.375 e. The molecule has 1 fully saturated rings. The Morgan fingerprint density at radius 2 is 2.37 bits per heavy atom. The van der Waals surface area contributed by atoms with Gasteiger partial charge in [0.2, 0.25) is 5.91 Å². The maximum absolute atomic E-state index is 11.7. The van der Waals surface area contributed by atoms with Gasteiger partial charge in [0.05, 0.1) is 5.51 Å². The lowest BCUT2D eigenvalue weighted by molar-refractivity contribution is -0.136. The summed E-state index contributed by atoms with van der Waals surface area (Å²) >= 11 is 1.68. The number of aromatic nitrogens is 1. The molecule has 106 valence electrons. The van der Waals surface area contributed by atoms with E-state index in [0.29, 0.717) is 12.1 Å². The normalized spacial score (nSPS) is 18.5. The average Bonchev–Trinajstić information content (AvgIpc) is 2.94. The number of nitrogens with zero attached hydrogens (tertiary/aromatic N) is 2. The van der Waals surface area contributed by atoms with Gasteiger partial charge in [-0.3, -0.25) is 9.78 Å². The molecule has 0 aliphatic carbocycles. The second kappa shape index (κ2) is 6.98. The Balaban J connectivity index is 1.76. The number of hydrogen-bond acceptors (Lipinski definition) is 5. The number of hydrogen-bond donors (Lipinski definition) is 1. The van der Waals surface area contributed by atoms with E-state index in [-0.39, 0.29) is 12.5 Å². The molecule has 0 aromatic carbocycles. The Labute approximate surface area is 118 Å². The van der Waals surface area contributed by atoms with Crippen molar-refractivity contribution >= 4 is 17.2 Å². The number of carbonyl (C=O) groups is 1. The van der Waals surface area contributed by atoms with E-state index in [4.69, 9.17) is 4.74 Å². The number of rotatable bonds is 5. The minimum atomic E-state index is 0.0939. The average molecular weight is 283 g/mol. The molecule has 19 heavy (non-hydrogen) atoms. The Morgan fingerprint density at radius 1 is 1.63 bits per heavy atom. The van der Waals surface area contributed by atoms with E-state index in [1.807, 2.05) is 16.6 Å². The maximum atomic E-state index is 11.7. The highest BCUT2D eigenvalue weighted by Gasteiger charge is 2.23. The molecule has 6 heteroatoms. The van der Waals surface area contributed by atoms with Crippen molar-refractivity contribution in [2.24, 2.45) is 0 Å². The van der Waals surface area contributed by atoms with Gasteiger partial charge in [-0.25, -0.2) is 0 Å². The van der Waals surface area contributed by atoms with Crippen LogP contribution in [0.4, 0.5) is 0 Å². The molecule has 1 N–H and O–H groups in total. The highest BCUT2D eigenvalue weighted by Crippen LogP contribution is 2.20. The smallest absolute Gasteiger partial charge is 0.248 e. The first-order valence-corrected chi connectivity index (χ1v) is 7.50. The van der Waals surface area contributed by atoms with E-state index < -0.39 is 0 Å². The van der Waals surface area contributed by atoms with Gasteiger partial charge in [0.15, 0.2) is 0 Å². The number of thiazole rings is 1. The summed E-state index contributed by atoms with van der Waals surface area (Å²) in [4.78, 5) is 18.9. The molecule has 0 radical (unpaired) electrons. The standard InChI is InChI=1S/C13H21N3O2S/c1-10(12-7-14-9-19-12)15-11-3-5-16(6-4-11)13(17)8-18-2/h7,9-11,15H,3-6,8H2,1-2H3. The molecule has 0 bridgehead atoms. The van der Waals surface area contributed by atoms with Gasteiger partial charge in [0.1, 0.15) is 6.61 Å². The number of carbonyl (C=O) groups excluding carboxylic acids is 1. The van der Waals surface area contributed by atoms with Crippen LogP contribution < -0.4 is 5.32 Å². The van der Waals surface area contributed by atoms with Gasteiger partial charge in [0.25, 0.3) is 0 Å². The van der Waals surface area contributed by atoms with Gasteiger partial charge < -0.3 is 15.0 Å². The summed E-state index contributed by atoms with van der Waals surface area (Å²) in [6.45, 7) is 3.98. The summed E-state index contributed by atoms with van der Waals surface area (Å²) in [6, 6.07) is 0.808. The van der Waals surface area contributed by atoms with Crippen LogP contribution in [0.25, 0.3) is 0 Å². The number of amides is 1. The predicted octanol–water partition coefficient (Wildman–Crippen LogP) is 1.43. The zero-order valence-electron chi connectivity index (χ0n) is 11.5. The summed E-state index contributed by atoms with van der Waals surface area (Å²) < 4.78 is 4.88. The lowest BCUT2D eigenvalue weighted by Crippen LogP contribution is -2.46. The van der Waals surface area contributed by atoms with Gasteiger partial charge in [-0.15, -0.1) is 11.3 Å². The highest BCUT2D eigenvalue weighted by atomic mass is 32.1. The molecule has 1 aliphatic rings. The number of likely N-dealkylation sites (tertiary alicyclic amines) is 1. The first-order valence-electron chi connectivity index (χ1n) is 6.62. The van der Waals surface area contributed by atoms with E-state index in [1.54, 1.807) is 18.4 Å². The van der Waals surface area contributed by atoms with Gasteiger partial charge >= 0.3 is 0 Å². The zero-order valence-corrected chi connectivity index (χ0v) is 12.3. The highest BCUT2D eigenvalue weighted by molar-refractivity contribution is 7.09. The molecule has 2 heterocycles. The number of methoxy groups -OCH3 is 1. The van der Waals surface area contributed by atoms with Gasteiger partial charge in [-0.05, 0) is 19.8 Å². The van der Waals surface area contributed by atoms with Crippen molar-refractivity contribution in [1.82, 2.24) is 15.2 Å². The first kappa shape index (κ1) is 14.4. The summed E-state index contributed by atoms with van der Waals surface area (Å²) in [5, 5.41) is 3.61. The van der Waals surface area contributed by atoms with E-state index in [1.165, 1.54) is 4.88 Å². The van der Waals surface area contributed by atoms with Crippen LogP contribution >= 0.6 is 11.3 Å². The Morgan fingerprint density at radius 3 is 2.95 bits per heavy atom. The number of piperidine rings is 1. The lowest BCUT2D eigenvalue weighted by atomic mass is 10.0. The molecule has 0 saturated carbocycles. The van der Waals surface area contributed by atoms with Crippen LogP contribution in [0.2, 0.25) is 0 Å². The van der Waals surface area contributed by atoms with Gasteiger partial charge in [-0.1, -0.05) is 0 Å². The molecule has 1 amide bonds. The minimum Gasteiger partial charge on any atom is -0.375 e. The van der Waals surface area contributed by atoms with Gasteiger partial charge in [0, 0.05) is 43.4 Å². The van der Waals surface area contributed by atoms with Crippen LogP contribution in [0, 0.1) is 0 Å². The first-order chi connectivity index (χ1) is 9.20. The predicted molar refractivity (Wildman–Crippen MR) is 75.1 cm³/mol. The zero-order chi connectivity index (χ0) is 13.7. The molecule has 1 unspecified atom stereocenters. The van der Waals surface area contributed by atoms with Crippen molar-refractivity contribution in [1.29, 1.82) is 0 Å². The molecule has 0 spiro atoms. The quantitative estimate of drug-likeness (QED) is 0.888. The van der Waals surface area contributed by atoms with Crippen LogP contribution in [0.5, 0.6) is 0 Å².